The average molecular weight is 753 g/mol. The molecule has 0 atom stereocenters. The molecular formula is C30H28Cl3N7O8S. The van der Waals surface area contributed by atoms with Crippen molar-refractivity contribution in [3.63, 3.8) is 0 Å². The number of benzene rings is 2. The Balaban J connectivity index is 0.000000225. The van der Waals surface area contributed by atoms with Crippen LogP contribution in [0.25, 0.3) is 5.69 Å². The SMILES string of the molecule is C#CCOc1cc(-n2nc3n(c2=O)CCCC3)c(Cl)cc1Cl.CCOC(=O)c1ccccc1S(=O)(=O)NC(=O)Nc1nc(Cl)cc(OC)n1. The highest BCUT2D eigenvalue weighted by atomic mass is 35.5. The van der Waals surface area contributed by atoms with Gasteiger partial charge in [0.15, 0.2) is 0 Å². The van der Waals surface area contributed by atoms with E-state index in [0.29, 0.717) is 28.0 Å². The number of terminal acetylenes is 1. The Morgan fingerprint density at radius 2 is 1.84 bits per heavy atom. The second-order valence-electron chi connectivity index (χ2n) is 9.78. The first kappa shape index (κ1) is 37.0. The Bertz CT molecular complexity index is 2080. The van der Waals surface area contributed by atoms with Crippen LogP contribution in [0.3, 0.4) is 0 Å². The lowest BCUT2D eigenvalue weighted by Gasteiger charge is -2.11. The highest BCUT2D eigenvalue weighted by Crippen LogP contribution is 2.33. The van der Waals surface area contributed by atoms with E-state index in [1.165, 1.54) is 48.2 Å². The van der Waals surface area contributed by atoms with E-state index in [1.807, 2.05) is 0 Å². The Labute approximate surface area is 295 Å². The molecule has 4 aromatic rings. The molecule has 0 fully saturated rings. The molecule has 3 heterocycles. The number of aromatic nitrogens is 5. The van der Waals surface area contributed by atoms with Gasteiger partial charge in [-0.1, -0.05) is 52.9 Å². The molecular weight excluding hydrogens is 725 g/mol. The van der Waals surface area contributed by atoms with Gasteiger partial charge < -0.3 is 14.2 Å². The largest absolute Gasteiger partial charge is 0.481 e. The summed E-state index contributed by atoms with van der Waals surface area (Å²) in [4.78, 5) is 43.6. The summed E-state index contributed by atoms with van der Waals surface area (Å²) in [7, 11) is -3.05. The maximum absolute atomic E-state index is 12.5. The molecule has 258 valence electrons. The smallest absolute Gasteiger partial charge is 0.350 e. The van der Waals surface area contributed by atoms with Crippen LogP contribution >= 0.6 is 34.8 Å². The minimum absolute atomic E-state index is 0.0207. The third kappa shape index (κ3) is 9.21. The summed E-state index contributed by atoms with van der Waals surface area (Å²) >= 11 is 18.0. The Hall–Kier alpha value is -4.82. The number of carbonyl (C=O) groups excluding carboxylic acids is 2. The third-order valence-corrected chi connectivity index (χ3v) is 8.70. The van der Waals surface area contributed by atoms with E-state index in [9.17, 15) is 22.8 Å². The number of sulfonamides is 1. The van der Waals surface area contributed by atoms with Crippen LogP contribution in [0.4, 0.5) is 10.7 Å². The molecule has 0 aliphatic carbocycles. The van der Waals surface area contributed by atoms with Crippen molar-refractivity contribution < 1.29 is 32.2 Å². The summed E-state index contributed by atoms with van der Waals surface area (Å²) in [5, 5.41) is 7.14. The molecule has 1 aliphatic rings. The minimum atomic E-state index is -4.38. The van der Waals surface area contributed by atoms with Crippen molar-refractivity contribution >= 4 is 62.8 Å². The lowest BCUT2D eigenvalue weighted by atomic mass is 10.2. The summed E-state index contributed by atoms with van der Waals surface area (Å²) < 4.78 is 44.8. The van der Waals surface area contributed by atoms with Crippen molar-refractivity contribution in [1.82, 2.24) is 29.0 Å². The van der Waals surface area contributed by atoms with Crippen molar-refractivity contribution in [2.24, 2.45) is 0 Å². The number of hydrogen-bond acceptors (Lipinski definition) is 11. The van der Waals surface area contributed by atoms with Crippen LogP contribution in [0.5, 0.6) is 11.6 Å². The lowest BCUT2D eigenvalue weighted by Crippen LogP contribution is -2.35. The molecule has 2 aromatic heterocycles. The number of aryl methyl sites for hydroxylation is 1. The fraction of sp³-hybridized carbons (Fsp3) is 0.267. The molecule has 0 bridgehead atoms. The zero-order valence-corrected chi connectivity index (χ0v) is 29.0. The molecule has 0 saturated heterocycles. The van der Waals surface area contributed by atoms with E-state index < -0.39 is 26.9 Å². The van der Waals surface area contributed by atoms with Crippen LogP contribution < -0.4 is 25.2 Å². The second kappa shape index (κ2) is 16.5. The molecule has 19 heteroatoms. The molecule has 49 heavy (non-hydrogen) atoms. The zero-order chi connectivity index (χ0) is 35.7. The van der Waals surface area contributed by atoms with Crippen LogP contribution in [0, 0.1) is 12.3 Å². The highest BCUT2D eigenvalue weighted by molar-refractivity contribution is 7.90. The van der Waals surface area contributed by atoms with Gasteiger partial charge in [-0.15, -0.1) is 11.5 Å². The first-order valence-electron chi connectivity index (χ1n) is 14.3. The van der Waals surface area contributed by atoms with Gasteiger partial charge in [-0.3, -0.25) is 9.88 Å². The van der Waals surface area contributed by atoms with E-state index in [2.05, 4.69) is 26.3 Å². The number of carbonyl (C=O) groups is 2. The normalized spacial score (nSPS) is 12.0. The first-order chi connectivity index (χ1) is 23.4. The molecule has 0 saturated carbocycles. The molecule has 2 aromatic carbocycles. The summed E-state index contributed by atoms with van der Waals surface area (Å²) in [6.07, 6.45) is 7.97. The van der Waals surface area contributed by atoms with E-state index in [1.54, 1.807) is 22.3 Å². The number of amides is 2. The van der Waals surface area contributed by atoms with Crippen molar-refractivity contribution in [3.05, 3.63) is 79.5 Å². The van der Waals surface area contributed by atoms with Gasteiger partial charge in [0.05, 0.1) is 35.0 Å². The van der Waals surface area contributed by atoms with Gasteiger partial charge in [-0.05, 0) is 38.0 Å². The van der Waals surface area contributed by atoms with Crippen molar-refractivity contribution in [2.45, 2.75) is 37.6 Å². The number of methoxy groups -OCH3 is 1. The van der Waals surface area contributed by atoms with Crippen LogP contribution in [-0.2, 0) is 27.7 Å². The lowest BCUT2D eigenvalue weighted by molar-refractivity contribution is 0.0521. The number of urea groups is 1. The Morgan fingerprint density at radius 3 is 2.53 bits per heavy atom. The fourth-order valence-electron chi connectivity index (χ4n) is 4.41. The maximum Gasteiger partial charge on any atom is 0.350 e. The quantitative estimate of drug-likeness (QED) is 0.139. The number of nitrogens with one attached hydrogen (secondary N) is 2. The number of esters is 1. The second-order valence-corrected chi connectivity index (χ2v) is 12.6. The van der Waals surface area contributed by atoms with Crippen molar-refractivity contribution in [1.29, 1.82) is 0 Å². The number of hydrogen-bond donors (Lipinski definition) is 2. The van der Waals surface area contributed by atoms with Crippen molar-refractivity contribution in [2.75, 3.05) is 25.6 Å². The van der Waals surface area contributed by atoms with E-state index in [0.717, 1.165) is 25.1 Å². The number of halogens is 3. The fourth-order valence-corrected chi connectivity index (χ4v) is 6.20. The molecule has 15 nitrogen and oxygen atoms in total. The van der Waals surface area contributed by atoms with Crippen LogP contribution in [0.15, 0.2) is 52.2 Å². The predicted molar refractivity (Wildman–Crippen MR) is 180 cm³/mol. The first-order valence-corrected chi connectivity index (χ1v) is 16.9. The number of anilines is 1. The average Bonchev–Trinajstić information content (AvgIpc) is 3.40. The van der Waals surface area contributed by atoms with Crippen LogP contribution in [0.1, 0.15) is 35.9 Å². The minimum Gasteiger partial charge on any atom is -0.481 e. The maximum atomic E-state index is 12.5. The van der Waals surface area contributed by atoms with Gasteiger partial charge in [0.1, 0.15) is 28.2 Å². The highest BCUT2D eigenvalue weighted by Gasteiger charge is 2.25. The summed E-state index contributed by atoms with van der Waals surface area (Å²) in [6, 6.07) is 8.57. The van der Waals surface area contributed by atoms with Gasteiger partial charge in [0.2, 0.25) is 11.8 Å². The van der Waals surface area contributed by atoms with Crippen LogP contribution in [0.2, 0.25) is 15.2 Å². The van der Waals surface area contributed by atoms with E-state index in [-0.39, 0.29) is 41.4 Å². The van der Waals surface area contributed by atoms with Gasteiger partial charge in [0.25, 0.3) is 10.0 Å². The number of fused-ring (bicyclic) bond motifs is 1. The molecule has 0 radical (unpaired) electrons. The number of ether oxygens (including phenoxy) is 3. The molecule has 5 rings (SSSR count). The van der Waals surface area contributed by atoms with Gasteiger partial charge in [-0.2, -0.15) is 9.67 Å². The van der Waals surface area contributed by atoms with Gasteiger partial charge in [0, 0.05) is 25.1 Å². The van der Waals surface area contributed by atoms with E-state index in [4.69, 9.17) is 55.4 Å². The molecule has 0 unspecified atom stereocenters. The molecule has 1 aliphatic heterocycles. The zero-order valence-electron chi connectivity index (χ0n) is 25.9. The van der Waals surface area contributed by atoms with Crippen LogP contribution in [-0.4, -0.2) is 65.1 Å². The predicted octanol–water partition coefficient (Wildman–Crippen LogP) is 4.51. The van der Waals surface area contributed by atoms with E-state index >= 15 is 0 Å². The number of rotatable bonds is 9. The monoisotopic (exact) mass is 751 g/mol. The van der Waals surface area contributed by atoms with Gasteiger partial charge in [-0.25, -0.2) is 32.5 Å². The standard InChI is InChI=1S/C15H13Cl2N3O2.C15H15ClN4O6S/c1-2-7-22-13-9-12(10(16)8-11(13)17)20-15(21)19-6-4-3-5-14(19)18-20;1-3-26-13(21)9-6-4-5-7-10(9)27(23,24)20-15(22)19-14-17-11(16)8-12(18-14)25-2/h1,8-9H,3-7H2;4-8H,3H2,1-2H3,(H2,17,18,19,20,22). The molecule has 0 spiro atoms. The number of nitrogens with zero attached hydrogens (tertiary/aromatic N) is 5. The third-order valence-electron chi connectivity index (χ3n) is 6.52. The summed E-state index contributed by atoms with van der Waals surface area (Å²) in [5.41, 5.74) is 0.0205. The van der Waals surface area contributed by atoms with Crippen molar-refractivity contribution in [3.8, 4) is 29.7 Å². The Kier molecular flexibility index (Phi) is 12.5. The Morgan fingerprint density at radius 1 is 1.08 bits per heavy atom. The summed E-state index contributed by atoms with van der Waals surface area (Å²) in [5.74, 6) is 2.48. The molecule has 2 N–H and O–H groups in total. The molecule has 2 amide bonds. The topological polar surface area (TPSA) is 186 Å². The van der Waals surface area contributed by atoms with Gasteiger partial charge >= 0.3 is 17.7 Å². The summed E-state index contributed by atoms with van der Waals surface area (Å²) in [6.45, 7) is 2.41.